The predicted molar refractivity (Wildman–Crippen MR) is 123 cm³/mol. The van der Waals surface area contributed by atoms with Crippen LogP contribution in [0.25, 0.3) is 0 Å². The molecule has 158 valence electrons. The van der Waals surface area contributed by atoms with Crippen molar-refractivity contribution in [1.29, 1.82) is 0 Å². The maximum Gasteiger partial charge on any atom is 0.0795 e. The summed E-state index contributed by atoms with van der Waals surface area (Å²) >= 11 is 0. The zero-order valence-electron chi connectivity index (χ0n) is 19.3. The molecule has 2 saturated carbocycles. The Kier molecular flexibility index (Phi) is 5.35. The van der Waals surface area contributed by atoms with Gasteiger partial charge in [-0.25, -0.2) is 0 Å². The van der Waals surface area contributed by atoms with E-state index in [4.69, 9.17) is 4.74 Å². The summed E-state index contributed by atoms with van der Waals surface area (Å²) in [6, 6.07) is 10.6. The van der Waals surface area contributed by atoms with Gasteiger partial charge in [0, 0.05) is 0 Å². The summed E-state index contributed by atoms with van der Waals surface area (Å²) in [4.78, 5) is 0. The van der Waals surface area contributed by atoms with Crippen molar-refractivity contribution in [2.24, 2.45) is 28.1 Å². The van der Waals surface area contributed by atoms with Crippen LogP contribution in [-0.2, 0) is 11.3 Å². The number of allylic oxidation sites excluding steroid dienone is 2. The molecule has 2 fully saturated rings. The highest BCUT2D eigenvalue weighted by Crippen LogP contribution is 2.68. The van der Waals surface area contributed by atoms with Crippen molar-refractivity contribution < 1.29 is 4.74 Å². The van der Waals surface area contributed by atoms with E-state index in [0.717, 1.165) is 12.3 Å². The van der Waals surface area contributed by atoms with Crippen molar-refractivity contribution >= 4 is 0 Å². The van der Waals surface area contributed by atoms with Gasteiger partial charge < -0.3 is 4.74 Å². The maximum atomic E-state index is 6.58. The summed E-state index contributed by atoms with van der Waals surface area (Å²) < 4.78 is 6.58. The Bertz CT molecular complexity index is 788. The summed E-state index contributed by atoms with van der Waals surface area (Å²) in [6.07, 6.45) is 10.3. The van der Waals surface area contributed by atoms with E-state index in [0.29, 0.717) is 23.4 Å². The summed E-state index contributed by atoms with van der Waals surface area (Å²) in [5.41, 5.74) is 5.27. The van der Waals surface area contributed by atoms with Gasteiger partial charge in [0.2, 0.25) is 0 Å². The Hall–Kier alpha value is -1.34. The minimum Gasteiger partial charge on any atom is -0.369 e. The molecule has 1 aromatic carbocycles. The van der Waals surface area contributed by atoms with E-state index < -0.39 is 0 Å². The third-order valence-corrected chi connectivity index (χ3v) is 9.26. The molecule has 0 aromatic heterocycles. The fraction of sp³-hybridized carbons (Fsp3) is 0.643. The van der Waals surface area contributed by atoms with Crippen LogP contribution in [0.15, 0.2) is 54.1 Å². The van der Waals surface area contributed by atoms with Gasteiger partial charge in [0.05, 0.1) is 12.7 Å². The van der Waals surface area contributed by atoms with Crippen LogP contribution in [0.3, 0.4) is 0 Å². The molecule has 0 heterocycles. The van der Waals surface area contributed by atoms with E-state index in [-0.39, 0.29) is 11.5 Å². The fourth-order valence-corrected chi connectivity index (χ4v) is 7.87. The highest BCUT2D eigenvalue weighted by molar-refractivity contribution is 5.38. The van der Waals surface area contributed by atoms with Crippen LogP contribution < -0.4 is 0 Å². The van der Waals surface area contributed by atoms with Crippen LogP contribution in [-0.4, -0.2) is 6.10 Å². The average molecular weight is 393 g/mol. The number of benzene rings is 1. The van der Waals surface area contributed by atoms with Gasteiger partial charge in [-0.2, -0.15) is 0 Å². The predicted octanol–water partition coefficient (Wildman–Crippen LogP) is 7.73. The molecule has 1 nitrogen and oxygen atoms in total. The quantitative estimate of drug-likeness (QED) is 0.509. The molecule has 0 bridgehead atoms. The molecule has 3 aliphatic rings. The van der Waals surface area contributed by atoms with E-state index in [1.165, 1.54) is 48.8 Å². The van der Waals surface area contributed by atoms with E-state index in [1.54, 1.807) is 0 Å². The van der Waals surface area contributed by atoms with Crippen LogP contribution in [0.4, 0.5) is 0 Å². The van der Waals surface area contributed by atoms with Crippen molar-refractivity contribution in [2.75, 3.05) is 0 Å². The van der Waals surface area contributed by atoms with Gasteiger partial charge in [0.15, 0.2) is 0 Å². The van der Waals surface area contributed by atoms with E-state index in [1.807, 2.05) is 0 Å². The second kappa shape index (κ2) is 7.41. The first-order valence-corrected chi connectivity index (χ1v) is 11.7. The molecule has 0 radical (unpaired) electrons. The molecule has 0 amide bonds. The molecule has 1 unspecified atom stereocenters. The first-order valence-electron chi connectivity index (χ1n) is 11.7. The number of hydrogen-bond donors (Lipinski definition) is 0. The number of hydrogen-bond acceptors (Lipinski definition) is 1. The Morgan fingerprint density at radius 1 is 1.03 bits per heavy atom. The second-order valence-electron chi connectivity index (χ2n) is 11.2. The fourth-order valence-electron chi connectivity index (χ4n) is 7.87. The van der Waals surface area contributed by atoms with E-state index >= 15 is 0 Å². The van der Waals surface area contributed by atoms with Crippen molar-refractivity contribution in [2.45, 2.75) is 85.9 Å². The molecule has 3 aliphatic carbocycles. The smallest absolute Gasteiger partial charge is 0.0795 e. The van der Waals surface area contributed by atoms with Crippen LogP contribution in [0.1, 0.15) is 78.7 Å². The maximum absolute atomic E-state index is 6.58. The summed E-state index contributed by atoms with van der Waals surface area (Å²) in [5, 5.41) is 0. The highest BCUT2D eigenvalue weighted by Gasteiger charge is 2.60. The van der Waals surface area contributed by atoms with E-state index in [9.17, 15) is 0 Å². The number of fused-ring (bicyclic) bond motifs is 3. The SMILES string of the molecule is C=CC1=C(C)[C@H](OCc2ccccc2)C[C@H]2[C@@]1(C)CCC1C(C)(C)CCC[C@@]12C. The van der Waals surface area contributed by atoms with Gasteiger partial charge in [-0.15, -0.1) is 0 Å². The molecular weight excluding hydrogens is 352 g/mol. The lowest BCUT2D eigenvalue weighted by atomic mass is 9.40. The first kappa shape index (κ1) is 20.9. The van der Waals surface area contributed by atoms with Gasteiger partial charge in [-0.05, 0) is 83.8 Å². The summed E-state index contributed by atoms with van der Waals surface area (Å²) in [5.74, 6) is 1.49. The molecule has 1 aromatic rings. The Morgan fingerprint density at radius 3 is 2.45 bits per heavy atom. The monoisotopic (exact) mass is 392 g/mol. The molecule has 0 aliphatic heterocycles. The lowest BCUT2D eigenvalue weighted by Crippen LogP contribution is -2.57. The van der Waals surface area contributed by atoms with Crippen LogP contribution >= 0.6 is 0 Å². The molecule has 5 atom stereocenters. The summed E-state index contributed by atoms with van der Waals surface area (Å²) in [6.45, 7) is 17.5. The Morgan fingerprint density at radius 2 is 1.76 bits per heavy atom. The largest absolute Gasteiger partial charge is 0.369 e. The second-order valence-corrected chi connectivity index (χ2v) is 11.2. The van der Waals surface area contributed by atoms with Gasteiger partial charge in [0.1, 0.15) is 0 Å². The summed E-state index contributed by atoms with van der Waals surface area (Å²) in [7, 11) is 0. The molecule has 4 rings (SSSR count). The Labute approximate surface area is 178 Å². The molecule has 0 spiro atoms. The molecular formula is C28H40O. The van der Waals surface area contributed by atoms with Crippen LogP contribution in [0, 0.1) is 28.1 Å². The van der Waals surface area contributed by atoms with Gasteiger partial charge in [0.25, 0.3) is 0 Å². The third kappa shape index (κ3) is 3.34. The number of ether oxygens (including phenoxy) is 1. The molecule has 1 heteroatoms. The van der Waals surface area contributed by atoms with Gasteiger partial charge >= 0.3 is 0 Å². The topological polar surface area (TPSA) is 9.23 Å². The third-order valence-electron chi connectivity index (χ3n) is 9.26. The van der Waals surface area contributed by atoms with Crippen LogP contribution in [0.2, 0.25) is 0 Å². The Balaban J connectivity index is 1.68. The van der Waals surface area contributed by atoms with Crippen molar-refractivity contribution in [1.82, 2.24) is 0 Å². The minimum absolute atomic E-state index is 0.210. The minimum atomic E-state index is 0.210. The van der Waals surface area contributed by atoms with Gasteiger partial charge in [-0.3, -0.25) is 0 Å². The van der Waals surface area contributed by atoms with Crippen LogP contribution in [0.5, 0.6) is 0 Å². The van der Waals surface area contributed by atoms with Crippen molar-refractivity contribution in [3.05, 3.63) is 59.7 Å². The van der Waals surface area contributed by atoms with Crippen molar-refractivity contribution in [3.63, 3.8) is 0 Å². The van der Waals surface area contributed by atoms with E-state index in [2.05, 4.69) is 77.6 Å². The first-order chi connectivity index (χ1) is 13.7. The zero-order valence-corrected chi connectivity index (χ0v) is 19.3. The molecule has 0 saturated heterocycles. The number of rotatable bonds is 4. The van der Waals surface area contributed by atoms with Gasteiger partial charge in [-0.1, -0.05) is 77.1 Å². The average Bonchev–Trinajstić information content (AvgIpc) is 2.67. The molecule has 29 heavy (non-hydrogen) atoms. The molecule has 0 N–H and O–H groups in total. The lowest BCUT2D eigenvalue weighted by molar-refractivity contribution is -0.137. The lowest BCUT2D eigenvalue weighted by Gasteiger charge is -2.65. The highest BCUT2D eigenvalue weighted by atomic mass is 16.5. The normalized spacial score (nSPS) is 38.9. The zero-order chi connectivity index (χ0) is 20.9. The van der Waals surface area contributed by atoms with Crippen molar-refractivity contribution in [3.8, 4) is 0 Å². The standard InChI is InChI=1S/C28H40O/c1-7-22-20(2)23(29-19-21-12-9-8-10-13-21)18-25-27(22,5)17-14-24-26(3,4)15-11-16-28(24,25)6/h7-10,12-13,23-25H,1,11,14-19H2,2-6H3/t23-,24?,25+,27+,28+/m1/s1.